The first-order chi connectivity index (χ1) is 34.1. The molecule has 0 radical (unpaired) electrons. The molecule has 0 amide bonds. The first-order valence-corrected chi connectivity index (χ1v) is 25.2. The van der Waals surface area contributed by atoms with Gasteiger partial charge in [-0.2, -0.15) is 42.0 Å². The molecular weight excluding hydrogens is 1050 g/mol. The fraction of sp³-hybridized carbons (Fsp3) is 0.182. The third kappa shape index (κ3) is 6.34. The molecule has 2 aliphatic heterocycles. The summed E-state index contributed by atoms with van der Waals surface area (Å²) < 4.78 is 11.7. The second-order valence-corrected chi connectivity index (χ2v) is 23.2. The van der Waals surface area contributed by atoms with Gasteiger partial charge in [0, 0.05) is 49.8 Å². The van der Waals surface area contributed by atoms with Crippen molar-refractivity contribution >= 4 is 106 Å². The molecule has 14 rings (SSSR count). The molecule has 0 bridgehead atoms. The van der Waals surface area contributed by atoms with E-state index >= 15 is 0 Å². The van der Waals surface area contributed by atoms with E-state index in [1.54, 1.807) is 0 Å². The number of rotatable bonds is 3. The Morgan fingerprint density at radius 1 is 0.528 bits per heavy atom. The monoisotopic (exact) mass is 1110 g/mol. The molecule has 0 atom stereocenters. The van der Waals surface area contributed by atoms with Crippen molar-refractivity contribution in [1.82, 2.24) is 9.13 Å². The summed E-state index contributed by atoms with van der Waals surface area (Å²) in [6.07, 6.45) is 0. The van der Waals surface area contributed by atoms with Crippen LogP contribution < -0.4 is 21.3 Å². The van der Waals surface area contributed by atoms with Crippen molar-refractivity contribution in [2.45, 2.75) is 78.6 Å². The van der Waals surface area contributed by atoms with Crippen molar-refractivity contribution in [2.75, 3.05) is 4.90 Å². The molecule has 0 saturated heterocycles. The van der Waals surface area contributed by atoms with Gasteiger partial charge in [0.15, 0.2) is 6.71 Å². The van der Waals surface area contributed by atoms with Crippen LogP contribution in [-0.4, -0.2) is 15.8 Å². The zero-order valence-corrected chi connectivity index (χ0v) is 44.8. The van der Waals surface area contributed by atoms with Crippen molar-refractivity contribution in [3.05, 3.63) is 193 Å². The molecule has 4 nitrogen and oxygen atoms in total. The SMILES string of the molecule is CC(C)(C)c1[c-]c2c(cc1)B1c3cc4c5ccccc5n(-c5ccccc5)c4cc3N(c3ccc(C(C)(C)C)cc3)c3cc(C(C)(C)C)c4c5cc(-c6cccc7c6oc6ccccc67)c[c-]c5n-2c4c31.[Os+2]. The number of hydrogen-bond donors (Lipinski definition) is 0. The van der Waals surface area contributed by atoms with Gasteiger partial charge in [-0.05, 0) is 92.3 Å². The smallest absolute Gasteiger partial charge is 0.457 e. The molecule has 72 heavy (non-hydrogen) atoms. The second kappa shape index (κ2) is 15.4. The maximum Gasteiger partial charge on any atom is 2.00 e. The van der Waals surface area contributed by atoms with Crippen molar-refractivity contribution in [3.8, 4) is 22.5 Å². The van der Waals surface area contributed by atoms with Crippen molar-refractivity contribution in [3.63, 3.8) is 0 Å². The van der Waals surface area contributed by atoms with Gasteiger partial charge in [-0.25, -0.2) is 0 Å². The Labute approximate surface area is 435 Å². The number of aromatic nitrogens is 2. The third-order valence-corrected chi connectivity index (χ3v) is 15.7. The summed E-state index contributed by atoms with van der Waals surface area (Å²) in [5.41, 5.74) is 21.8. The maximum atomic E-state index is 6.68. The predicted octanol–water partition coefficient (Wildman–Crippen LogP) is 15.6. The largest absolute Gasteiger partial charge is 2.00 e. The molecule has 0 aliphatic carbocycles. The molecule has 0 unspecified atom stereocenters. The van der Waals surface area contributed by atoms with E-state index in [0.29, 0.717) is 0 Å². The number of nitrogens with zero attached hydrogens (tertiary/aromatic N) is 3. The minimum absolute atomic E-state index is 0. The normalized spacial score (nSPS) is 13.5. The van der Waals surface area contributed by atoms with Crippen LogP contribution in [0.15, 0.2) is 168 Å². The molecule has 3 aromatic heterocycles. The van der Waals surface area contributed by atoms with Gasteiger partial charge in [-0.3, -0.25) is 0 Å². The van der Waals surface area contributed by atoms with Gasteiger partial charge in [-0.15, -0.1) is 16.4 Å². The number of para-hydroxylation sites is 4. The predicted molar refractivity (Wildman–Crippen MR) is 301 cm³/mol. The van der Waals surface area contributed by atoms with E-state index in [4.69, 9.17) is 4.42 Å². The number of furan rings is 1. The summed E-state index contributed by atoms with van der Waals surface area (Å²) in [5, 5.41) is 7.21. The van der Waals surface area contributed by atoms with Crippen molar-refractivity contribution < 1.29 is 24.2 Å². The van der Waals surface area contributed by atoms with E-state index in [9.17, 15) is 0 Å². The molecule has 0 spiro atoms. The van der Waals surface area contributed by atoms with Crippen molar-refractivity contribution in [1.29, 1.82) is 0 Å². The number of fused-ring (bicyclic) bond motifs is 14. The van der Waals surface area contributed by atoms with Gasteiger partial charge in [0.05, 0.1) is 11.0 Å². The van der Waals surface area contributed by atoms with Crippen LogP contribution in [0.4, 0.5) is 17.1 Å². The Kier molecular flexibility index (Phi) is 9.61. The molecule has 2 aliphatic rings. The summed E-state index contributed by atoms with van der Waals surface area (Å²) in [5.74, 6) is 0. The van der Waals surface area contributed by atoms with Crippen LogP contribution in [0.2, 0.25) is 0 Å². The van der Waals surface area contributed by atoms with Crippen LogP contribution in [0.1, 0.15) is 79.0 Å². The summed E-state index contributed by atoms with van der Waals surface area (Å²) in [6.45, 7) is 20.9. The van der Waals surface area contributed by atoms with Crippen LogP contribution in [0.5, 0.6) is 0 Å². The molecule has 350 valence electrons. The van der Waals surface area contributed by atoms with E-state index in [2.05, 4.69) is 252 Å². The first-order valence-electron chi connectivity index (χ1n) is 25.2. The Hall–Kier alpha value is -7.12. The molecular formula is C66H54BN3OOs. The van der Waals surface area contributed by atoms with Gasteiger partial charge in [-0.1, -0.05) is 170 Å². The Morgan fingerprint density at radius 3 is 2.00 bits per heavy atom. The van der Waals surface area contributed by atoms with Gasteiger partial charge >= 0.3 is 19.8 Å². The summed E-state index contributed by atoms with van der Waals surface area (Å²) in [7, 11) is 0. The number of hydrogen-bond acceptors (Lipinski definition) is 2. The average molecular weight is 1110 g/mol. The topological polar surface area (TPSA) is 26.2 Å². The van der Waals surface area contributed by atoms with E-state index < -0.39 is 0 Å². The van der Waals surface area contributed by atoms with Gasteiger partial charge in [0.1, 0.15) is 11.2 Å². The molecule has 5 heterocycles. The number of benzene rings is 9. The summed E-state index contributed by atoms with van der Waals surface area (Å²) >= 11 is 0. The summed E-state index contributed by atoms with van der Waals surface area (Å²) in [6, 6.07) is 69.1. The molecule has 12 aromatic rings. The Morgan fingerprint density at radius 2 is 1.25 bits per heavy atom. The Bertz CT molecular complexity index is 4230. The average Bonchev–Trinajstić information content (AvgIpc) is 4.02. The second-order valence-electron chi connectivity index (χ2n) is 23.2. The van der Waals surface area contributed by atoms with E-state index in [1.165, 1.54) is 82.5 Å². The zero-order valence-electron chi connectivity index (χ0n) is 42.3. The molecule has 9 aromatic carbocycles. The first kappa shape index (κ1) is 44.8. The van der Waals surface area contributed by atoms with Crippen LogP contribution in [0, 0.1) is 12.1 Å². The molecule has 6 heteroatoms. The van der Waals surface area contributed by atoms with Crippen LogP contribution in [0.25, 0.3) is 88.1 Å². The van der Waals surface area contributed by atoms with Gasteiger partial charge in [0.2, 0.25) is 0 Å². The minimum atomic E-state index is -0.235. The van der Waals surface area contributed by atoms with E-state index in [-0.39, 0.29) is 42.7 Å². The van der Waals surface area contributed by atoms with E-state index in [0.717, 1.165) is 55.6 Å². The quantitative estimate of drug-likeness (QED) is 0.130. The number of anilines is 3. The van der Waals surface area contributed by atoms with Crippen LogP contribution >= 0.6 is 0 Å². The summed E-state index contributed by atoms with van der Waals surface area (Å²) in [4.78, 5) is 2.59. The van der Waals surface area contributed by atoms with Gasteiger partial charge < -0.3 is 18.5 Å². The van der Waals surface area contributed by atoms with E-state index in [1.807, 2.05) is 0 Å². The minimum Gasteiger partial charge on any atom is -0.457 e. The molecule has 0 fully saturated rings. The maximum absolute atomic E-state index is 6.68. The fourth-order valence-electron chi connectivity index (χ4n) is 12.2. The Balaban J connectivity index is 0.00000504. The van der Waals surface area contributed by atoms with Gasteiger partial charge in [0.25, 0.3) is 0 Å². The van der Waals surface area contributed by atoms with Crippen molar-refractivity contribution in [2.24, 2.45) is 0 Å². The van der Waals surface area contributed by atoms with Crippen LogP contribution in [-0.2, 0) is 36.0 Å². The third-order valence-electron chi connectivity index (χ3n) is 15.7. The fourth-order valence-corrected chi connectivity index (χ4v) is 12.2. The molecule has 0 N–H and O–H groups in total. The van der Waals surface area contributed by atoms with Crippen LogP contribution in [0.3, 0.4) is 0 Å². The standard InChI is InChI=1S/C66H54BN3O.Os/c1-64(2,3)40-27-30-43(31-28-40)69-57-38-55-48(45-20-13-15-24-53(45)68(55)42-18-11-10-12-19-42)36-52(57)67-51-32-29-41(65(4,5)6)35-56(51)70-54-33-26-39(44-22-17-23-47-46-21-14-16-25-59(46)71-63(44)47)34-49(54)60-50(66(7,8)9)37-58(69)61(67)62(60)70;/h10-32,34,36-38H,1-9H3;/q-2;+2. The molecule has 0 saturated carbocycles. The zero-order chi connectivity index (χ0) is 48.5.